The van der Waals surface area contributed by atoms with Gasteiger partial charge in [-0.1, -0.05) is 30.3 Å². The molecule has 1 aliphatic rings. The molecular weight excluding hydrogens is 524 g/mol. The van der Waals surface area contributed by atoms with Crippen molar-refractivity contribution in [2.24, 2.45) is 4.99 Å². The molecule has 1 aromatic heterocycles. The number of aryl methyl sites for hydroxylation is 1. The van der Waals surface area contributed by atoms with Crippen molar-refractivity contribution in [3.63, 3.8) is 0 Å². The lowest BCUT2D eigenvalue weighted by Crippen LogP contribution is -2.48. The number of hydrogen-bond donors (Lipinski definition) is 1. The van der Waals surface area contributed by atoms with Crippen LogP contribution >= 0.6 is 24.0 Å². The second-order valence-electron chi connectivity index (χ2n) is 6.97. The summed E-state index contributed by atoms with van der Waals surface area (Å²) in [4.78, 5) is 10.4. The predicted octanol–water partition coefficient (Wildman–Crippen LogP) is 4.10. The van der Waals surface area contributed by atoms with Gasteiger partial charge in [0.15, 0.2) is 12.6 Å². The third-order valence-electron chi connectivity index (χ3n) is 4.75. The number of alkyl halides is 3. The molecule has 0 saturated carbocycles. The molecule has 1 fully saturated rings. The summed E-state index contributed by atoms with van der Waals surface area (Å²) in [5.74, 6) is 0.670. The first-order valence-electron chi connectivity index (χ1n) is 9.63. The monoisotopic (exact) mass is 550 g/mol. The molecule has 2 heterocycles. The van der Waals surface area contributed by atoms with Crippen LogP contribution < -0.4 is 10.1 Å². The van der Waals surface area contributed by atoms with Crippen LogP contribution in [0.5, 0.6) is 5.88 Å². The van der Waals surface area contributed by atoms with E-state index in [0.29, 0.717) is 26.2 Å². The van der Waals surface area contributed by atoms with Crippen LogP contribution in [0.2, 0.25) is 0 Å². The number of benzene rings is 1. The normalized spacial score (nSPS) is 17.1. The highest BCUT2D eigenvalue weighted by Gasteiger charge is 2.28. The molecule has 1 unspecified atom stereocenters. The summed E-state index contributed by atoms with van der Waals surface area (Å²) in [6, 6.07) is 11.3. The van der Waals surface area contributed by atoms with E-state index in [2.05, 4.69) is 44.0 Å². The highest BCUT2D eigenvalue weighted by molar-refractivity contribution is 14.0. The SMILES string of the molecule is CN=C(NCc1ccc(OCC(F)(F)F)nc1)N1CCOC(c2ccccc2C)C1.I. The molecule has 1 N–H and O–H groups in total. The number of aromatic nitrogens is 1. The summed E-state index contributed by atoms with van der Waals surface area (Å²) >= 11 is 0. The second kappa shape index (κ2) is 11.5. The molecule has 1 saturated heterocycles. The number of halogens is 4. The van der Waals surface area contributed by atoms with Gasteiger partial charge < -0.3 is 19.7 Å². The van der Waals surface area contributed by atoms with Crippen LogP contribution in [0.1, 0.15) is 22.8 Å². The maximum absolute atomic E-state index is 12.2. The zero-order valence-electron chi connectivity index (χ0n) is 17.4. The van der Waals surface area contributed by atoms with Crippen molar-refractivity contribution in [2.45, 2.75) is 25.7 Å². The first-order chi connectivity index (χ1) is 14.4. The second-order valence-corrected chi connectivity index (χ2v) is 6.97. The Morgan fingerprint density at radius 2 is 2.06 bits per heavy atom. The largest absolute Gasteiger partial charge is 0.468 e. The molecule has 10 heteroatoms. The molecule has 31 heavy (non-hydrogen) atoms. The van der Waals surface area contributed by atoms with Gasteiger partial charge in [0.05, 0.1) is 13.2 Å². The smallest absolute Gasteiger partial charge is 0.422 e. The lowest BCUT2D eigenvalue weighted by molar-refractivity contribution is -0.154. The van der Waals surface area contributed by atoms with E-state index in [1.54, 1.807) is 13.1 Å². The minimum atomic E-state index is -4.39. The van der Waals surface area contributed by atoms with Gasteiger partial charge in [0.1, 0.15) is 6.10 Å². The number of nitrogens with zero attached hydrogens (tertiary/aromatic N) is 3. The van der Waals surface area contributed by atoms with Crippen LogP contribution in [0.15, 0.2) is 47.6 Å². The van der Waals surface area contributed by atoms with Crippen molar-refractivity contribution in [3.05, 3.63) is 59.3 Å². The zero-order valence-corrected chi connectivity index (χ0v) is 19.7. The van der Waals surface area contributed by atoms with Crippen molar-refractivity contribution < 1.29 is 22.6 Å². The van der Waals surface area contributed by atoms with Gasteiger partial charge in [-0.2, -0.15) is 13.2 Å². The molecule has 1 aliphatic heterocycles. The first kappa shape index (κ1) is 25.2. The topological polar surface area (TPSA) is 59.0 Å². The average Bonchev–Trinajstić information content (AvgIpc) is 2.73. The summed E-state index contributed by atoms with van der Waals surface area (Å²) in [5.41, 5.74) is 3.15. The third-order valence-corrected chi connectivity index (χ3v) is 4.75. The molecule has 1 aromatic carbocycles. The van der Waals surface area contributed by atoms with E-state index in [1.165, 1.54) is 17.8 Å². The van der Waals surface area contributed by atoms with Gasteiger partial charge in [0.2, 0.25) is 5.88 Å². The Labute approximate surface area is 196 Å². The highest BCUT2D eigenvalue weighted by Crippen LogP contribution is 2.25. The van der Waals surface area contributed by atoms with Gasteiger partial charge >= 0.3 is 6.18 Å². The van der Waals surface area contributed by atoms with Gasteiger partial charge in [0, 0.05) is 32.4 Å². The van der Waals surface area contributed by atoms with Crippen molar-refractivity contribution in [3.8, 4) is 5.88 Å². The maximum atomic E-state index is 12.2. The van der Waals surface area contributed by atoms with Gasteiger partial charge in [0.25, 0.3) is 0 Å². The van der Waals surface area contributed by atoms with Crippen molar-refractivity contribution in [1.82, 2.24) is 15.2 Å². The highest BCUT2D eigenvalue weighted by atomic mass is 127. The van der Waals surface area contributed by atoms with E-state index in [0.717, 1.165) is 17.1 Å². The fourth-order valence-electron chi connectivity index (χ4n) is 3.25. The van der Waals surface area contributed by atoms with E-state index < -0.39 is 12.8 Å². The molecule has 170 valence electrons. The molecule has 6 nitrogen and oxygen atoms in total. The van der Waals surface area contributed by atoms with Crippen molar-refractivity contribution >= 4 is 29.9 Å². The number of nitrogens with one attached hydrogen (secondary N) is 1. The van der Waals surface area contributed by atoms with Crippen molar-refractivity contribution in [2.75, 3.05) is 33.4 Å². The number of morpholine rings is 1. The molecular formula is C21H26F3IN4O2. The number of rotatable bonds is 5. The fraction of sp³-hybridized carbons (Fsp3) is 0.429. The number of ether oxygens (including phenoxy) is 2. The lowest BCUT2D eigenvalue weighted by atomic mass is 10.0. The lowest BCUT2D eigenvalue weighted by Gasteiger charge is -2.35. The maximum Gasteiger partial charge on any atom is 0.422 e. The molecule has 0 bridgehead atoms. The Hall–Kier alpha value is -2.08. The summed E-state index contributed by atoms with van der Waals surface area (Å²) in [5, 5.41) is 3.28. The van der Waals surface area contributed by atoms with Crippen LogP contribution in [0.3, 0.4) is 0 Å². The molecule has 2 aromatic rings. The average molecular weight is 550 g/mol. The Bertz CT molecular complexity index is 862. The van der Waals surface area contributed by atoms with Crippen LogP contribution in [0.25, 0.3) is 0 Å². The minimum absolute atomic E-state index is 0. The molecule has 0 aliphatic carbocycles. The standard InChI is InChI=1S/C21H25F3N4O2.HI/c1-15-5-3-4-6-17(15)18-13-28(9-10-29-18)20(25-2)27-12-16-7-8-19(26-11-16)30-14-21(22,23)24;/h3-8,11,18H,9-10,12-14H2,1-2H3,(H,25,27);1H. The molecule has 0 amide bonds. The van der Waals surface area contributed by atoms with E-state index >= 15 is 0 Å². The van der Waals surface area contributed by atoms with Gasteiger partial charge in [-0.15, -0.1) is 24.0 Å². The summed E-state index contributed by atoms with van der Waals surface area (Å²) in [6.07, 6.45) is -2.94. The summed E-state index contributed by atoms with van der Waals surface area (Å²) in [7, 11) is 1.72. The van der Waals surface area contributed by atoms with Gasteiger partial charge in [-0.25, -0.2) is 4.98 Å². The van der Waals surface area contributed by atoms with E-state index in [9.17, 15) is 13.2 Å². The summed E-state index contributed by atoms with van der Waals surface area (Å²) in [6.45, 7) is 3.12. The third kappa shape index (κ3) is 7.53. The summed E-state index contributed by atoms with van der Waals surface area (Å²) < 4.78 is 47.2. The van der Waals surface area contributed by atoms with E-state index in [1.807, 2.05) is 12.1 Å². The van der Waals surface area contributed by atoms with E-state index in [4.69, 9.17) is 4.74 Å². The fourth-order valence-corrected chi connectivity index (χ4v) is 3.25. The Balaban J connectivity index is 0.00000341. The molecule has 0 spiro atoms. The number of guanidine groups is 1. The first-order valence-corrected chi connectivity index (χ1v) is 9.63. The van der Waals surface area contributed by atoms with Gasteiger partial charge in [-0.3, -0.25) is 4.99 Å². The Kier molecular flexibility index (Phi) is 9.35. The molecule has 1 atom stereocenters. The van der Waals surface area contributed by atoms with Crippen LogP contribution in [-0.4, -0.2) is 55.4 Å². The van der Waals surface area contributed by atoms with Gasteiger partial charge in [-0.05, 0) is 23.6 Å². The molecule has 0 radical (unpaired) electrons. The van der Waals surface area contributed by atoms with Crippen LogP contribution in [0, 0.1) is 6.92 Å². The van der Waals surface area contributed by atoms with Crippen molar-refractivity contribution in [1.29, 1.82) is 0 Å². The van der Waals surface area contributed by atoms with Crippen LogP contribution in [-0.2, 0) is 11.3 Å². The number of pyridine rings is 1. The predicted molar refractivity (Wildman–Crippen MR) is 123 cm³/mol. The Morgan fingerprint density at radius 3 is 2.71 bits per heavy atom. The Morgan fingerprint density at radius 1 is 1.29 bits per heavy atom. The van der Waals surface area contributed by atoms with E-state index in [-0.39, 0.29) is 36.0 Å². The minimum Gasteiger partial charge on any atom is -0.468 e. The number of aliphatic imine (C=N–C) groups is 1. The quantitative estimate of drug-likeness (QED) is 0.346. The molecule has 3 rings (SSSR count). The zero-order chi connectivity index (χ0) is 21.6. The number of hydrogen-bond acceptors (Lipinski definition) is 4. The van der Waals surface area contributed by atoms with Crippen LogP contribution in [0.4, 0.5) is 13.2 Å².